The average Bonchev–Trinajstić information content (AvgIpc) is 2.71. The lowest BCUT2D eigenvalue weighted by Crippen LogP contribution is -2.02. The maximum Gasteiger partial charge on any atom is 0.321 e. The van der Waals surface area contributed by atoms with Gasteiger partial charge in [-0.2, -0.15) is 15.0 Å². The lowest BCUT2D eigenvalue weighted by Gasteiger charge is -2.03. The molecule has 0 aliphatic rings. The van der Waals surface area contributed by atoms with Crippen LogP contribution in [0, 0.1) is 6.92 Å². The topological polar surface area (TPSA) is 73.9 Å². The average molecular weight is 287 g/mol. The molecular weight excluding hydrogens is 276 g/mol. The zero-order valence-electron chi connectivity index (χ0n) is 9.88. The predicted molar refractivity (Wildman–Crippen MR) is 66.0 cm³/mol. The molecule has 2 rings (SSSR count). The van der Waals surface area contributed by atoms with Gasteiger partial charge < -0.3 is 9.15 Å². The van der Waals surface area contributed by atoms with Crippen LogP contribution in [-0.2, 0) is 0 Å². The van der Waals surface area contributed by atoms with Crippen molar-refractivity contribution in [2.24, 2.45) is 0 Å². The zero-order valence-corrected chi connectivity index (χ0v) is 11.5. The van der Waals surface area contributed by atoms with Crippen molar-refractivity contribution < 1.29 is 9.15 Å². The number of nitrogens with zero attached hydrogens (tertiary/aromatic N) is 4. The van der Waals surface area contributed by atoms with Crippen LogP contribution in [0.3, 0.4) is 0 Å². The van der Waals surface area contributed by atoms with Crippen LogP contribution >= 0.6 is 23.4 Å². The molecule has 0 aliphatic carbocycles. The molecule has 0 aliphatic heterocycles. The van der Waals surface area contributed by atoms with Crippen molar-refractivity contribution in [1.29, 1.82) is 0 Å². The molecule has 0 radical (unpaired) electrons. The Hall–Kier alpha value is -1.34. The van der Waals surface area contributed by atoms with Gasteiger partial charge in [-0.05, 0) is 24.9 Å². The van der Waals surface area contributed by atoms with Gasteiger partial charge in [0.2, 0.25) is 10.4 Å². The van der Waals surface area contributed by atoms with E-state index in [1.54, 1.807) is 6.26 Å². The summed E-state index contributed by atoms with van der Waals surface area (Å²) in [6.07, 6.45) is 2.42. The van der Waals surface area contributed by atoms with Gasteiger partial charge in [-0.1, -0.05) is 6.92 Å². The highest BCUT2D eigenvalue weighted by Gasteiger charge is 2.10. The van der Waals surface area contributed by atoms with Crippen LogP contribution in [0.1, 0.15) is 19.0 Å². The number of hydrogen-bond donors (Lipinski definition) is 0. The fraction of sp³-hybridized carbons (Fsp3) is 0.400. The number of halogens is 1. The summed E-state index contributed by atoms with van der Waals surface area (Å²) in [5.41, 5.74) is 0.792. The number of aryl methyl sites for hydroxylation is 1. The minimum atomic E-state index is 0.0851. The summed E-state index contributed by atoms with van der Waals surface area (Å²) in [5, 5.41) is 0.932. The van der Waals surface area contributed by atoms with E-state index in [-0.39, 0.29) is 11.3 Å². The third kappa shape index (κ3) is 3.58. The van der Waals surface area contributed by atoms with Crippen LogP contribution in [0.4, 0.5) is 0 Å². The molecule has 0 amide bonds. The standard InChI is InChI=1S/C10H11ClN4O2S/c1-3-4-16-8-13-7(11)14-9(15-8)18-10-12-6(2)5-17-10/h5H,3-4H2,1-2H3. The molecule has 2 heterocycles. The minimum absolute atomic E-state index is 0.0851. The SMILES string of the molecule is CCCOc1nc(Cl)nc(Sc2nc(C)co2)n1. The lowest BCUT2D eigenvalue weighted by molar-refractivity contribution is 0.288. The van der Waals surface area contributed by atoms with Crippen LogP contribution in [0.5, 0.6) is 6.01 Å². The molecule has 2 aromatic heterocycles. The van der Waals surface area contributed by atoms with Gasteiger partial charge in [0, 0.05) is 11.8 Å². The van der Waals surface area contributed by atoms with Crippen molar-refractivity contribution in [1.82, 2.24) is 19.9 Å². The van der Waals surface area contributed by atoms with Gasteiger partial charge in [0.15, 0.2) is 0 Å². The largest absolute Gasteiger partial charge is 0.463 e. The van der Waals surface area contributed by atoms with E-state index in [1.165, 1.54) is 11.8 Å². The zero-order chi connectivity index (χ0) is 13.0. The normalized spacial score (nSPS) is 10.6. The molecule has 6 nitrogen and oxygen atoms in total. The number of rotatable bonds is 5. The number of aromatic nitrogens is 4. The molecule has 8 heteroatoms. The molecule has 0 atom stereocenters. The molecular formula is C10H11ClN4O2S. The highest BCUT2D eigenvalue weighted by atomic mass is 35.5. The fourth-order valence-electron chi connectivity index (χ4n) is 1.08. The second-order valence-corrected chi connectivity index (χ2v) is 4.63. The predicted octanol–water partition coefficient (Wildman–Crippen LogP) is 2.76. The smallest absolute Gasteiger partial charge is 0.321 e. The highest BCUT2D eigenvalue weighted by molar-refractivity contribution is 7.98. The molecule has 96 valence electrons. The number of ether oxygens (including phenoxy) is 1. The van der Waals surface area contributed by atoms with Crippen molar-refractivity contribution in [3.05, 3.63) is 17.2 Å². The molecule has 0 saturated carbocycles. The Morgan fingerprint density at radius 1 is 1.33 bits per heavy atom. The van der Waals surface area contributed by atoms with Gasteiger partial charge in [-0.15, -0.1) is 0 Å². The Morgan fingerprint density at radius 3 is 2.83 bits per heavy atom. The first-order valence-electron chi connectivity index (χ1n) is 5.31. The summed E-state index contributed by atoms with van der Waals surface area (Å²) in [4.78, 5) is 16.1. The van der Waals surface area contributed by atoms with Crippen molar-refractivity contribution in [3.63, 3.8) is 0 Å². The summed E-state index contributed by atoms with van der Waals surface area (Å²) < 4.78 is 10.5. The van der Waals surface area contributed by atoms with Gasteiger partial charge in [-0.25, -0.2) is 4.98 Å². The quantitative estimate of drug-likeness (QED) is 0.836. The van der Waals surface area contributed by atoms with E-state index in [1.807, 2.05) is 13.8 Å². The monoisotopic (exact) mass is 286 g/mol. The van der Waals surface area contributed by atoms with E-state index in [9.17, 15) is 0 Å². The maximum atomic E-state index is 5.79. The van der Waals surface area contributed by atoms with Gasteiger partial charge in [0.1, 0.15) is 6.26 Å². The van der Waals surface area contributed by atoms with E-state index in [2.05, 4.69) is 19.9 Å². The van der Waals surface area contributed by atoms with E-state index in [0.29, 0.717) is 17.0 Å². The first-order valence-corrected chi connectivity index (χ1v) is 6.51. The van der Waals surface area contributed by atoms with Gasteiger partial charge >= 0.3 is 6.01 Å². The first-order chi connectivity index (χ1) is 8.67. The van der Waals surface area contributed by atoms with E-state index in [0.717, 1.165) is 12.1 Å². The second kappa shape index (κ2) is 6.01. The molecule has 0 saturated heterocycles. The number of hydrogen-bond acceptors (Lipinski definition) is 7. The Balaban J connectivity index is 2.14. The Bertz CT molecular complexity index is 534. The van der Waals surface area contributed by atoms with E-state index < -0.39 is 0 Å². The minimum Gasteiger partial charge on any atom is -0.463 e. The van der Waals surface area contributed by atoms with Crippen LogP contribution in [0.2, 0.25) is 5.28 Å². The summed E-state index contributed by atoms with van der Waals surface area (Å²) in [6, 6.07) is 0.211. The summed E-state index contributed by atoms with van der Waals surface area (Å²) in [5.74, 6) is 0. The van der Waals surface area contributed by atoms with E-state index >= 15 is 0 Å². The third-order valence-electron chi connectivity index (χ3n) is 1.78. The van der Waals surface area contributed by atoms with Crippen molar-refractivity contribution in [2.45, 2.75) is 30.6 Å². The van der Waals surface area contributed by atoms with Crippen LogP contribution < -0.4 is 4.74 Å². The summed E-state index contributed by atoms with van der Waals surface area (Å²) in [6.45, 7) is 4.36. The molecule has 18 heavy (non-hydrogen) atoms. The Labute approximate surface area is 113 Å². The molecule has 0 N–H and O–H groups in total. The summed E-state index contributed by atoms with van der Waals surface area (Å²) >= 11 is 6.96. The fourth-order valence-corrected chi connectivity index (χ4v) is 1.98. The lowest BCUT2D eigenvalue weighted by atomic mass is 10.5. The van der Waals surface area contributed by atoms with Crippen molar-refractivity contribution in [3.8, 4) is 6.01 Å². The molecule has 0 aromatic carbocycles. The molecule has 0 spiro atoms. The van der Waals surface area contributed by atoms with E-state index in [4.69, 9.17) is 20.8 Å². The molecule has 0 fully saturated rings. The third-order valence-corrected chi connectivity index (χ3v) is 2.68. The van der Waals surface area contributed by atoms with Crippen LogP contribution in [0.25, 0.3) is 0 Å². The van der Waals surface area contributed by atoms with Crippen LogP contribution in [-0.4, -0.2) is 26.5 Å². The van der Waals surface area contributed by atoms with Gasteiger partial charge in [0.05, 0.1) is 12.3 Å². The molecule has 2 aromatic rings. The van der Waals surface area contributed by atoms with Crippen molar-refractivity contribution >= 4 is 23.4 Å². The highest BCUT2D eigenvalue weighted by Crippen LogP contribution is 2.25. The molecule has 0 unspecified atom stereocenters. The number of oxazole rings is 1. The Kier molecular flexibility index (Phi) is 4.38. The van der Waals surface area contributed by atoms with Crippen molar-refractivity contribution in [2.75, 3.05) is 6.61 Å². The Morgan fingerprint density at radius 2 is 2.17 bits per heavy atom. The second-order valence-electron chi connectivity index (χ2n) is 3.37. The van der Waals surface area contributed by atoms with Crippen LogP contribution in [0.15, 0.2) is 21.1 Å². The van der Waals surface area contributed by atoms with Gasteiger partial charge in [0.25, 0.3) is 5.22 Å². The molecule has 0 bridgehead atoms. The van der Waals surface area contributed by atoms with Gasteiger partial charge in [-0.3, -0.25) is 0 Å². The summed E-state index contributed by atoms with van der Waals surface area (Å²) in [7, 11) is 0. The maximum absolute atomic E-state index is 5.79. The first kappa shape index (κ1) is 13.1.